The van der Waals surface area contributed by atoms with E-state index in [2.05, 4.69) is 5.16 Å². The van der Waals surface area contributed by atoms with Crippen LogP contribution in [0.25, 0.3) is 0 Å². The molecule has 0 saturated heterocycles. The van der Waals surface area contributed by atoms with Gasteiger partial charge in [-0.2, -0.15) is 0 Å². The van der Waals surface area contributed by atoms with Crippen molar-refractivity contribution in [1.29, 1.82) is 0 Å². The van der Waals surface area contributed by atoms with E-state index in [-0.39, 0.29) is 0 Å². The molecule has 0 amide bonds. The molecule has 0 aliphatic carbocycles. The van der Waals surface area contributed by atoms with Crippen LogP contribution < -0.4 is 0 Å². The maximum Gasteiger partial charge on any atom is 0.140 e. The topological polar surface area (TPSA) is 46.3 Å². The molecule has 2 aromatic rings. The Morgan fingerprint density at radius 2 is 1.63 bits per heavy atom. The number of rotatable bonds is 2. The molecule has 0 bridgehead atoms. The van der Waals surface area contributed by atoms with Gasteiger partial charge in [0.25, 0.3) is 0 Å². The van der Waals surface area contributed by atoms with Gasteiger partial charge in [-0.15, -0.1) is 0 Å². The van der Waals surface area contributed by atoms with E-state index < -0.39 is 11.0 Å². The minimum atomic E-state index is -1.17. The van der Waals surface area contributed by atoms with Crippen LogP contribution in [-0.2, 0) is 5.60 Å². The van der Waals surface area contributed by atoms with Crippen LogP contribution in [0.3, 0.4) is 0 Å². The summed E-state index contributed by atoms with van der Waals surface area (Å²) in [4.78, 5) is 0. The average molecular weight is 259 g/mol. The second-order valence-corrected chi connectivity index (χ2v) is 6.15. The minimum Gasteiger partial charge on any atom is -0.378 e. The summed E-state index contributed by atoms with van der Waals surface area (Å²) in [5.74, 6) is 0.699. The van der Waals surface area contributed by atoms with Gasteiger partial charge in [-0.3, -0.25) is 0 Å². The Kier molecular flexibility index (Phi) is 3.27. The van der Waals surface area contributed by atoms with Crippen LogP contribution >= 0.6 is 0 Å². The van der Waals surface area contributed by atoms with E-state index in [0.29, 0.717) is 11.5 Å². The monoisotopic (exact) mass is 259 g/mol. The zero-order chi connectivity index (χ0) is 14.3. The van der Waals surface area contributed by atoms with Gasteiger partial charge in [-0.05, 0) is 19.4 Å². The Balaban J connectivity index is 2.62. The molecule has 1 N–H and O–H groups in total. The van der Waals surface area contributed by atoms with Gasteiger partial charge in [0, 0.05) is 11.5 Å². The second kappa shape index (κ2) is 4.49. The van der Waals surface area contributed by atoms with Gasteiger partial charge in [0.05, 0.1) is 0 Å². The fourth-order valence-corrected chi connectivity index (χ4v) is 2.30. The lowest BCUT2D eigenvalue weighted by Crippen LogP contribution is -2.41. The molecular weight excluding hydrogens is 238 g/mol. The lowest BCUT2D eigenvalue weighted by atomic mass is 9.70. The van der Waals surface area contributed by atoms with Crippen molar-refractivity contribution in [2.24, 2.45) is 5.41 Å². The summed E-state index contributed by atoms with van der Waals surface area (Å²) < 4.78 is 5.14. The lowest BCUT2D eigenvalue weighted by molar-refractivity contribution is -0.0317. The molecule has 0 radical (unpaired) electrons. The van der Waals surface area contributed by atoms with Crippen molar-refractivity contribution < 1.29 is 9.63 Å². The van der Waals surface area contributed by atoms with Crippen molar-refractivity contribution in [1.82, 2.24) is 5.16 Å². The molecule has 0 fully saturated rings. The fourth-order valence-electron chi connectivity index (χ4n) is 2.30. The van der Waals surface area contributed by atoms with Gasteiger partial charge >= 0.3 is 0 Å². The van der Waals surface area contributed by atoms with Crippen LogP contribution in [-0.4, -0.2) is 10.3 Å². The molecule has 1 unspecified atom stereocenters. The molecule has 0 spiro atoms. The summed E-state index contributed by atoms with van der Waals surface area (Å²) in [6, 6.07) is 9.69. The summed E-state index contributed by atoms with van der Waals surface area (Å²) in [5, 5.41) is 15.3. The van der Waals surface area contributed by atoms with E-state index >= 15 is 0 Å². The van der Waals surface area contributed by atoms with E-state index in [1.807, 2.05) is 58.9 Å². The first-order valence-electron chi connectivity index (χ1n) is 6.48. The van der Waals surface area contributed by atoms with Gasteiger partial charge < -0.3 is 9.63 Å². The number of aryl methyl sites for hydroxylation is 2. The highest BCUT2D eigenvalue weighted by molar-refractivity contribution is 5.36. The number of hydrogen-bond acceptors (Lipinski definition) is 3. The minimum absolute atomic E-state index is 0.397. The Morgan fingerprint density at radius 1 is 1.05 bits per heavy atom. The molecule has 1 atom stereocenters. The quantitative estimate of drug-likeness (QED) is 0.896. The van der Waals surface area contributed by atoms with E-state index in [0.717, 1.165) is 11.1 Å². The molecule has 3 heteroatoms. The second-order valence-electron chi connectivity index (χ2n) is 6.15. The van der Waals surface area contributed by atoms with Gasteiger partial charge in [-0.1, -0.05) is 55.8 Å². The average Bonchev–Trinajstić information content (AvgIpc) is 2.74. The smallest absolute Gasteiger partial charge is 0.140 e. The van der Waals surface area contributed by atoms with Crippen molar-refractivity contribution in [3.63, 3.8) is 0 Å². The van der Waals surface area contributed by atoms with Gasteiger partial charge in [0.1, 0.15) is 17.1 Å². The largest absolute Gasteiger partial charge is 0.378 e. The summed E-state index contributed by atoms with van der Waals surface area (Å²) in [5.41, 5.74) is 0.987. The number of aliphatic hydroxyl groups is 1. The zero-order valence-electron chi connectivity index (χ0n) is 12.2. The molecule has 1 aromatic heterocycles. The maximum absolute atomic E-state index is 11.3. The van der Waals surface area contributed by atoms with Crippen molar-refractivity contribution in [2.75, 3.05) is 0 Å². The highest BCUT2D eigenvalue weighted by Gasteiger charge is 2.45. The molecule has 0 saturated carbocycles. The molecule has 1 aromatic carbocycles. The van der Waals surface area contributed by atoms with E-state index in [4.69, 9.17) is 4.52 Å². The summed E-state index contributed by atoms with van der Waals surface area (Å²) in [6.45, 7) is 9.85. The molecule has 102 valence electrons. The Bertz CT molecular complexity index is 563. The van der Waals surface area contributed by atoms with Crippen LogP contribution in [0.4, 0.5) is 0 Å². The van der Waals surface area contributed by atoms with Crippen LogP contribution in [0.5, 0.6) is 0 Å². The van der Waals surface area contributed by atoms with Crippen molar-refractivity contribution in [2.45, 2.75) is 40.2 Å². The highest BCUT2D eigenvalue weighted by atomic mass is 16.5. The number of hydrogen-bond donors (Lipinski definition) is 1. The lowest BCUT2D eigenvalue weighted by Gasteiger charge is -2.39. The predicted octanol–water partition coefficient (Wildman–Crippen LogP) is 3.57. The van der Waals surface area contributed by atoms with Crippen LogP contribution in [0.15, 0.2) is 34.9 Å². The standard InChI is InChI=1S/C16H21NO2/c1-11-6-8-13(9-7-11)16(18,15(3,4)5)14-10-12(2)19-17-14/h6-10,18H,1-5H3. The molecule has 3 nitrogen and oxygen atoms in total. The third-order valence-electron chi connectivity index (χ3n) is 3.55. The summed E-state index contributed by atoms with van der Waals surface area (Å²) in [6.07, 6.45) is 0. The summed E-state index contributed by atoms with van der Waals surface area (Å²) >= 11 is 0. The van der Waals surface area contributed by atoms with Crippen molar-refractivity contribution in [3.8, 4) is 0 Å². The van der Waals surface area contributed by atoms with Crippen molar-refractivity contribution >= 4 is 0 Å². The first kappa shape index (κ1) is 13.8. The van der Waals surface area contributed by atoms with Crippen LogP contribution in [0, 0.1) is 19.3 Å². The Morgan fingerprint density at radius 3 is 2.05 bits per heavy atom. The molecule has 19 heavy (non-hydrogen) atoms. The van der Waals surface area contributed by atoms with E-state index in [1.54, 1.807) is 6.07 Å². The molecule has 2 rings (SSSR count). The van der Waals surface area contributed by atoms with Crippen LogP contribution in [0.2, 0.25) is 0 Å². The Hall–Kier alpha value is -1.61. The van der Waals surface area contributed by atoms with Crippen molar-refractivity contribution in [3.05, 3.63) is 52.9 Å². The SMILES string of the molecule is Cc1ccc(C(O)(c2cc(C)on2)C(C)(C)C)cc1. The Labute approximate surface area is 114 Å². The van der Waals surface area contributed by atoms with Gasteiger partial charge in [0.15, 0.2) is 0 Å². The molecule has 1 heterocycles. The first-order chi connectivity index (χ1) is 8.75. The highest BCUT2D eigenvalue weighted by Crippen LogP contribution is 2.44. The van der Waals surface area contributed by atoms with E-state index in [1.165, 1.54) is 0 Å². The van der Waals surface area contributed by atoms with Gasteiger partial charge in [0.2, 0.25) is 0 Å². The zero-order valence-corrected chi connectivity index (χ0v) is 12.2. The number of nitrogens with zero attached hydrogens (tertiary/aromatic N) is 1. The normalized spacial score (nSPS) is 15.3. The molecular formula is C16H21NO2. The van der Waals surface area contributed by atoms with Crippen LogP contribution in [0.1, 0.15) is 43.4 Å². The number of benzene rings is 1. The number of aromatic nitrogens is 1. The maximum atomic E-state index is 11.3. The fraction of sp³-hybridized carbons (Fsp3) is 0.438. The third kappa shape index (κ3) is 2.30. The molecule has 0 aliphatic heterocycles. The first-order valence-corrected chi connectivity index (χ1v) is 6.48. The van der Waals surface area contributed by atoms with E-state index in [9.17, 15) is 5.11 Å². The third-order valence-corrected chi connectivity index (χ3v) is 3.55. The van der Waals surface area contributed by atoms with Gasteiger partial charge in [-0.25, -0.2) is 0 Å². The summed E-state index contributed by atoms with van der Waals surface area (Å²) in [7, 11) is 0. The predicted molar refractivity (Wildman–Crippen MR) is 74.9 cm³/mol. The molecule has 0 aliphatic rings.